The van der Waals surface area contributed by atoms with Crippen molar-refractivity contribution in [1.82, 2.24) is 20.1 Å². The van der Waals surface area contributed by atoms with Crippen LogP contribution in [0.2, 0.25) is 0 Å². The van der Waals surface area contributed by atoms with Crippen molar-refractivity contribution in [2.75, 3.05) is 39.3 Å². The van der Waals surface area contributed by atoms with Gasteiger partial charge in [0.2, 0.25) is 5.91 Å². The maximum Gasteiger partial charge on any atom is 0.229 e. The van der Waals surface area contributed by atoms with E-state index in [2.05, 4.69) is 33.1 Å². The predicted molar refractivity (Wildman–Crippen MR) is 108 cm³/mol. The second-order valence-electron chi connectivity index (χ2n) is 6.73. The Kier molecular flexibility index (Phi) is 10.9. The largest absolute Gasteiger partial charge is 0.340 e. The lowest BCUT2D eigenvalue weighted by atomic mass is 9.81. The van der Waals surface area contributed by atoms with Crippen molar-refractivity contribution in [2.24, 2.45) is 5.41 Å². The molecule has 2 aliphatic heterocycles. The Bertz CT molecular complexity index is 504. The van der Waals surface area contributed by atoms with Crippen LogP contribution in [0.15, 0.2) is 24.4 Å². The molecule has 5 nitrogen and oxygen atoms in total. The SMILES string of the molecule is CC1(C(=O)N2CCN(Cc3ccccn3)CC2)CCCNC1.Cl.Cl.Cl. The smallest absolute Gasteiger partial charge is 0.229 e. The van der Waals surface area contributed by atoms with Crippen LogP contribution >= 0.6 is 37.2 Å². The third-order valence-electron chi connectivity index (χ3n) is 4.88. The van der Waals surface area contributed by atoms with Crippen LogP contribution in [-0.4, -0.2) is 60.0 Å². The van der Waals surface area contributed by atoms with E-state index in [1.165, 1.54) is 0 Å². The number of rotatable bonds is 3. The van der Waals surface area contributed by atoms with E-state index in [0.29, 0.717) is 5.91 Å². The predicted octanol–water partition coefficient (Wildman–Crippen LogP) is 2.38. The van der Waals surface area contributed by atoms with E-state index >= 15 is 0 Å². The number of hydrogen-bond acceptors (Lipinski definition) is 4. The van der Waals surface area contributed by atoms with Gasteiger partial charge in [0.1, 0.15) is 0 Å². The molecule has 0 aliphatic carbocycles. The summed E-state index contributed by atoms with van der Waals surface area (Å²) in [6.45, 7) is 8.39. The number of hydrogen-bond donors (Lipinski definition) is 1. The molecule has 1 N–H and O–H groups in total. The molecule has 2 fully saturated rings. The third kappa shape index (κ3) is 6.26. The molecule has 3 rings (SSSR count). The molecule has 2 saturated heterocycles. The fourth-order valence-electron chi connectivity index (χ4n) is 3.45. The minimum atomic E-state index is -0.207. The van der Waals surface area contributed by atoms with Crippen molar-refractivity contribution >= 4 is 43.1 Å². The van der Waals surface area contributed by atoms with Crippen molar-refractivity contribution < 1.29 is 4.79 Å². The van der Waals surface area contributed by atoms with E-state index in [-0.39, 0.29) is 42.6 Å². The first-order chi connectivity index (χ1) is 10.7. The molecule has 1 unspecified atom stereocenters. The maximum atomic E-state index is 12.8. The first-order valence-corrected chi connectivity index (χ1v) is 8.30. The van der Waals surface area contributed by atoms with Crippen molar-refractivity contribution in [3.05, 3.63) is 30.1 Å². The second-order valence-corrected chi connectivity index (χ2v) is 6.73. The Hall–Kier alpha value is -0.590. The Balaban J connectivity index is 0.00000192. The number of amides is 1. The first-order valence-electron chi connectivity index (χ1n) is 8.30. The highest BCUT2D eigenvalue weighted by molar-refractivity contribution is 5.86. The molecule has 1 amide bonds. The van der Waals surface area contributed by atoms with Crippen molar-refractivity contribution in [1.29, 1.82) is 0 Å². The number of halogens is 3. The molecule has 0 spiro atoms. The van der Waals surface area contributed by atoms with Gasteiger partial charge >= 0.3 is 0 Å². The fourth-order valence-corrected chi connectivity index (χ4v) is 3.45. The van der Waals surface area contributed by atoms with E-state index < -0.39 is 0 Å². The zero-order valence-corrected chi connectivity index (χ0v) is 17.1. The Morgan fingerprint density at radius 1 is 1.20 bits per heavy atom. The summed E-state index contributed by atoms with van der Waals surface area (Å²) in [5.74, 6) is 0.331. The van der Waals surface area contributed by atoms with Crippen molar-refractivity contribution in [3.8, 4) is 0 Å². The lowest BCUT2D eigenvalue weighted by molar-refractivity contribution is -0.144. The molecule has 1 aromatic rings. The Morgan fingerprint density at radius 3 is 2.48 bits per heavy atom. The zero-order chi connectivity index (χ0) is 15.4. The summed E-state index contributed by atoms with van der Waals surface area (Å²) >= 11 is 0. The number of nitrogens with zero attached hydrogens (tertiary/aromatic N) is 3. The van der Waals surface area contributed by atoms with Gasteiger partial charge in [-0.2, -0.15) is 0 Å². The number of piperidine rings is 1. The van der Waals surface area contributed by atoms with E-state index in [9.17, 15) is 4.79 Å². The van der Waals surface area contributed by atoms with Gasteiger partial charge in [-0.1, -0.05) is 6.07 Å². The maximum absolute atomic E-state index is 12.8. The highest BCUT2D eigenvalue weighted by atomic mass is 35.5. The summed E-state index contributed by atoms with van der Waals surface area (Å²) in [7, 11) is 0. The van der Waals surface area contributed by atoms with E-state index in [0.717, 1.165) is 64.3 Å². The number of aromatic nitrogens is 1. The standard InChI is InChI=1S/C17H26N4O.3ClH/c1-17(6-4-7-18-14-17)16(22)21-11-9-20(10-12-21)13-15-5-2-3-8-19-15;;;/h2-3,5,8,18H,4,6-7,9-14H2,1H3;3*1H. The zero-order valence-electron chi connectivity index (χ0n) is 14.6. The van der Waals surface area contributed by atoms with Crippen LogP contribution in [0, 0.1) is 5.41 Å². The minimum absolute atomic E-state index is 0. The van der Waals surface area contributed by atoms with Crippen LogP contribution in [0.1, 0.15) is 25.5 Å². The Labute approximate surface area is 169 Å². The number of pyridine rings is 1. The molecule has 25 heavy (non-hydrogen) atoms. The van der Waals surface area contributed by atoms with Gasteiger partial charge in [0.25, 0.3) is 0 Å². The summed E-state index contributed by atoms with van der Waals surface area (Å²) < 4.78 is 0. The van der Waals surface area contributed by atoms with E-state index in [4.69, 9.17) is 0 Å². The van der Waals surface area contributed by atoms with E-state index in [1.54, 1.807) is 0 Å². The number of carbonyl (C=O) groups is 1. The number of carbonyl (C=O) groups excluding carboxylic acids is 1. The lowest BCUT2D eigenvalue weighted by Crippen LogP contribution is -2.55. The van der Waals surface area contributed by atoms with Crippen LogP contribution in [-0.2, 0) is 11.3 Å². The van der Waals surface area contributed by atoms with Gasteiger partial charge in [-0.3, -0.25) is 14.7 Å². The first kappa shape index (κ1) is 24.4. The van der Waals surface area contributed by atoms with Crippen molar-refractivity contribution in [2.45, 2.75) is 26.3 Å². The average Bonchev–Trinajstić information content (AvgIpc) is 2.56. The monoisotopic (exact) mass is 410 g/mol. The summed E-state index contributed by atoms with van der Waals surface area (Å²) in [4.78, 5) is 21.6. The second kappa shape index (κ2) is 11.2. The molecule has 3 heterocycles. The van der Waals surface area contributed by atoms with Crippen LogP contribution < -0.4 is 5.32 Å². The van der Waals surface area contributed by atoms with Gasteiger partial charge in [-0.05, 0) is 38.4 Å². The van der Waals surface area contributed by atoms with Gasteiger partial charge in [0.15, 0.2) is 0 Å². The van der Waals surface area contributed by atoms with Crippen LogP contribution in [0.25, 0.3) is 0 Å². The molecule has 0 radical (unpaired) electrons. The van der Waals surface area contributed by atoms with Gasteiger partial charge in [0, 0.05) is 45.5 Å². The molecule has 144 valence electrons. The van der Waals surface area contributed by atoms with Crippen LogP contribution in [0.5, 0.6) is 0 Å². The van der Waals surface area contributed by atoms with Gasteiger partial charge in [-0.15, -0.1) is 37.2 Å². The van der Waals surface area contributed by atoms with Gasteiger partial charge in [0.05, 0.1) is 11.1 Å². The molecule has 0 bridgehead atoms. The number of piperazine rings is 1. The van der Waals surface area contributed by atoms with Crippen LogP contribution in [0.4, 0.5) is 0 Å². The number of nitrogens with one attached hydrogen (secondary N) is 1. The topological polar surface area (TPSA) is 48.5 Å². The van der Waals surface area contributed by atoms with Gasteiger partial charge in [-0.25, -0.2) is 0 Å². The minimum Gasteiger partial charge on any atom is -0.340 e. The highest BCUT2D eigenvalue weighted by Gasteiger charge is 2.38. The normalized spacial score (nSPS) is 23.6. The quantitative estimate of drug-likeness (QED) is 0.829. The highest BCUT2D eigenvalue weighted by Crippen LogP contribution is 2.28. The summed E-state index contributed by atoms with van der Waals surface area (Å²) in [6, 6.07) is 6.03. The molecular formula is C17H29Cl3N4O. The molecule has 0 saturated carbocycles. The molecule has 1 aromatic heterocycles. The average molecular weight is 412 g/mol. The lowest BCUT2D eigenvalue weighted by Gasteiger charge is -2.41. The summed E-state index contributed by atoms with van der Waals surface area (Å²) in [6.07, 6.45) is 3.95. The Morgan fingerprint density at radius 2 is 1.92 bits per heavy atom. The fraction of sp³-hybridized carbons (Fsp3) is 0.647. The molecule has 0 aromatic carbocycles. The van der Waals surface area contributed by atoms with E-state index in [1.807, 2.05) is 18.3 Å². The molecule has 2 aliphatic rings. The van der Waals surface area contributed by atoms with Crippen LogP contribution in [0.3, 0.4) is 0 Å². The molecule has 1 atom stereocenters. The molecular weight excluding hydrogens is 383 g/mol. The summed E-state index contributed by atoms with van der Waals surface area (Å²) in [5.41, 5.74) is 0.896. The van der Waals surface area contributed by atoms with Crippen molar-refractivity contribution in [3.63, 3.8) is 0 Å². The summed E-state index contributed by atoms with van der Waals surface area (Å²) in [5, 5.41) is 3.37. The third-order valence-corrected chi connectivity index (χ3v) is 4.88. The molecule has 8 heteroatoms. The van der Waals surface area contributed by atoms with Gasteiger partial charge < -0.3 is 10.2 Å².